The maximum Gasteiger partial charge on any atom is 0.112 e. The van der Waals surface area contributed by atoms with Crippen LogP contribution in [0.1, 0.15) is 54.2 Å². The number of rotatable bonds is 5. The first-order chi connectivity index (χ1) is 13.2. The third kappa shape index (κ3) is 4.61. The summed E-state index contributed by atoms with van der Waals surface area (Å²) in [5.74, 6) is 2.58. The van der Waals surface area contributed by atoms with E-state index in [9.17, 15) is 0 Å². The molecule has 2 saturated heterocycles. The van der Waals surface area contributed by atoms with Crippen LogP contribution < -0.4 is 0 Å². The highest BCUT2D eigenvalue weighted by molar-refractivity contribution is 5.22. The molecule has 2 aromatic rings. The van der Waals surface area contributed by atoms with Crippen LogP contribution in [0.15, 0.2) is 30.5 Å². The van der Waals surface area contributed by atoms with Gasteiger partial charge in [-0.05, 0) is 57.6 Å². The van der Waals surface area contributed by atoms with Crippen molar-refractivity contribution in [1.82, 2.24) is 14.5 Å². The van der Waals surface area contributed by atoms with Crippen molar-refractivity contribution in [3.8, 4) is 0 Å². The Morgan fingerprint density at radius 2 is 2.00 bits per heavy atom. The second-order valence-corrected chi connectivity index (χ2v) is 8.49. The van der Waals surface area contributed by atoms with Crippen LogP contribution in [0.4, 0.5) is 0 Å². The molecule has 1 unspecified atom stereocenters. The number of nitrogens with zero attached hydrogens (tertiary/aromatic N) is 3. The summed E-state index contributed by atoms with van der Waals surface area (Å²) in [5.41, 5.74) is 4.11. The summed E-state index contributed by atoms with van der Waals surface area (Å²) in [4.78, 5) is 7.44. The Labute approximate surface area is 163 Å². The molecule has 0 N–H and O–H groups in total. The number of imidazole rings is 1. The Bertz CT molecular complexity index is 748. The molecule has 0 spiro atoms. The van der Waals surface area contributed by atoms with Crippen LogP contribution in [-0.4, -0.2) is 40.8 Å². The van der Waals surface area contributed by atoms with Crippen molar-refractivity contribution in [1.29, 1.82) is 0 Å². The molecule has 1 aromatic carbocycles. The zero-order valence-electron chi connectivity index (χ0n) is 16.9. The average molecular weight is 368 g/mol. The Morgan fingerprint density at radius 1 is 1.15 bits per heavy atom. The van der Waals surface area contributed by atoms with Crippen LogP contribution in [0.5, 0.6) is 0 Å². The molecule has 2 aliphatic heterocycles. The summed E-state index contributed by atoms with van der Waals surface area (Å²) in [6.45, 7) is 10.8. The number of piperidine rings is 1. The third-order valence-corrected chi connectivity index (χ3v) is 6.20. The molecule has 146 valence electrons. The lowest BCUT2D eigenvalue weighted by Gasteiger charge is -2.34. The fraction of sp³-hybridized carbons (Fsp3) is 0.609. The minimum Gasteiger partial charge on any atom is -0.381 e. The highest BCUT2D eigenvalue weighted by atomic mass is 16.5. The maximum absolute atomic E-state index is 5.55. The van der Waals surface area contributed by atoms with Crippen LogP contribution >= 0.6 is 0 Å². The number of ether oxygens (including phenoxy) is 1. The van der Waals surface area contributed by atoms with Gasteiger partial charge in [-0.1, -0.05) is 29.8 Å². The summed E-state index contributed by atoms with van der Waals surface area (Å²) < 4.78 is 8.06. The van der Waals surface area contributed by atoms with E-state index >= 15 is 0 Å². The Morgan fingerprint density at radius 3 is 2.81 bits per heavy atom. The molecule has 1 aromatic heterocycles. The molecular weight excluding hydrogens is 334 g/mol. The lowest BCUT2D eigenvalue weighted by molar-refractivity contribution is 0.0821. The van der Waals surface area contributed by atoms with E-state index in [0.717, 1.165) is 45.1 Å². The van der Waals surface area contributed by atoms with Gasteiger partial charge in [-0.2, -0.15) is 0 Å². The highest BCUT2D eigenvalue weighted by Gasteiger charge is 2.25. The van der Waals surface area contributed by atoms with Crippen molar-refractivity contribution < 1.29 is 4.74 Å². The fourth-order valence-electron chi connectivity index (χ4n) is 4.77. The van der Waals surface area contributed by atoms with Crippen LogP contribution in [0.2, 0.25) is 0 Å². The van der Waals surface area contributed by atoms with E-state index in [1.54, 1.807) is 0 Å². The predicted octanol–water partition coefficient (Wildman–Crippen LogP) is 4.31. The molecule has 0 bridgehead atoms. The van der Waals surface area contributed by atoms with Crippen molar-refractivity contribution in [2.24, 2.45) is 5.92 Å². The smallest absolute Gasteiger partial charge is 0.112 e. The quantitative estimate of drug-likeness (QED) is 0.789. The number of aryl methyl sites for hydroxylation is 2. The van der Waals surface area contributed by atoms with Crippen molar-refractivity contribution in [2.45, 2.75) is 58.5 Å². The number of benzene rings is 1. The van der Waals surface area contributed by atoms with E-state index in [1.807, 2.05) is 0 Å². The molecule has 0 amide bonds. The monoisotopic (exact) mass is 367 g/mol. The average Bonchev–Trinajstić information content (AvgIpc) is 3.03. The normalized spacial score (nSPS) is 22.2. The molecule has 4 nitrogen and oxygen atoms in total. The molecule has 0 aliphatic carbocycles. The number of aromatic nitrogens is 2. The predicted molar refractivity (Wildman–Crippen MR) is 109 cm³/mol. The summed E-state index contributed by atoms with van der Waals surface area (Å²) in [5, 5.41) is 0. The Hall–Kier alpha value is -1.65. The highest BCUT2D eigenvalue weighted by Crippen LogP contribution is 2.29. The second-order valence-electron chi connectivity index (χ2n) is 8.49. The first-order valence-corrected chi connectivity index (χ1v) is 10.6. The molecule has 2 fully saturated rings. The second kappa shape index (κ2) is 8.57. The number of hydrogen-bond acceptors (Lipinski definition) is 3. The lowest BCUT2D eigenvalue weighted by atomic mass is 9.95. The van der Waals surface area contributed by atoms with Gasteiger partial charge in [-0.3, -0.25) is 4.90 Å². The van der Waals surface area contributed by atoms with Crippen molar-refractivity contribution in [2.75, 3.05) is 26.3 Å². The van der Waals surface area contributed by atoms with Gasteiger partial charge in [0.05, 0.1) is 0 Å². The van der Waals surface area contributed by atoms with E-state index in [0.29, 0.717) is 5.92 Å². The lowest BCUT2D eigenvalue weighted by Crippen LogP contribution is -2.37. The van der Waals surface area contributed by atoms with Crippen LogP contribution in [0.25, 0.3) is 0 Å². The van der Waals surface area contributed by atoms with Gasteiger partial charge in [0.2, 0.25) is 0 Å². The SMILES string of the molecule is Cc1cccc(CN2CCCC(Cn3c(C)cnc3C3CCOCC3)C2)c1. The van der Waals surface area contributed by atoms with Gasteiger partial charge in [0.1, 0.15) is 5.82 Å². The minimum atomic E-state index is 0.569. The molecule has 4 rings (SSSR count). The molecule has 4 heteroatoms. The number of hydrogen-bond donors (Lipinski definition) is 0. The zero-order valence-corrected chi connectivity index (χ0v) is 16.9. The maximum atomic E-state index is 5.55. The molecular formula is C23H33N3O. The Balaban J connectivity index is 1.41. The van der Waals surface area contributed by atoms with Crippen LogP contribution in [0, 0.1) is 19.8 Å². The van der Waals surface area contributed by atoms with Gasteiger partial charge < -0.3 is 9.30 Å². The zero-order chi connectivity index (χ0) is 18.6. The summed E-state index contributed by atoms with van der Waals surface area (Å²) in [7, 11) is 0. The van der Waals surface area contributed by atoms with E-state index in [1.165, 1.54) is 48.6 Å². The molecule has 0 saturated carbocycles. The topological polar surface area (TPSA) is 30.3 Å². The Kier molecular flexibility index (Phi) is 5.94. The summed E-state index contributed by atoms with van der Waals surface area (Å²) in [6, 6.07) is 8.95. The summed E-state index contributed by atoms with van der Waals surface area (Å²) >= 11 is 0. The van der Waals surface area contributed by atoms with E-state index in [2.05, 4.69) is 53.8 Å². The molecule has 3 heterocycles. The fourth-order valence-corrected chi connectivity index (χ4v) is 4.77. The van der Waals surface area contributed by atoms with Gasteiger partial charge in [-0.25, -0.2) is 4.98 Å². The summed E-state index contributed by atoms with van der Waals surface area (Å²) in [6.07, 6.45) is 6.92. The molecule has 27 heavy (non-hydrogen) atoms. The standard InChI is InChI=1S/C23H33N3O/c1-18-5-3-6-20(13-18)15-25-10-4-7-21(16-25)17-26-19(2)14-24-23(26)22-8-11-27-12-9-22/h3,5-6,13-14,21-22H,4,7-12,15-17H2,1-2H3. The van der Waals surface area contributed by atoms with Gasteiger partial charge >= 0.3 is 0 Å². The largest absolute Gasteiger partial charge is 0.381 e. The minimum absolute atomic E-state index is 0.569. The van der Waals surface area contributed by atoms with E-state index in [4.69, 9.17) is 9.72 Å². The van der Waals surface area contributed by atoms with E-state index < -0.39 is 0 Å². The third-order valence-electron chi connectivity index (χ3n) is 6.20. The van der Waals surface area contributed by atoms with Gasteiger partial charge in [0.15, 0.2) is 0 Å². The van der Waals surface area contributed by atoms with Gasteiger partial charge in [0, 0.05) is 50.7 Å². The molecule has 1 atom stereocenters. The van der Waals surface area contributed by atoms with Crippen LogP contribution in [0.3, 0.4) is 0 Å². The number of likely N-dealkylation sites (tertiary alicyclic amines) is 1. The van der Waals surface area contributed by atoms with Crippen molar-refractivity contribution in [3.63, 3.8) is 0 Å². The van der Waals surface area contributed by atoms with Crippen LogP contribution in [-0.2, 0) is 17.8 Å². The first kappa shape index (κ1) is 18.7. The molecule has 2 aliphatic rings. The van der Waals surface area contributed by atoms with Crippen molar-refractivity contribution >= 4 is 0 Å². The van der Waals surface area contributed by atoms with Gasteiger partial charge in [0.25, 0.3) is 0 Å². The van der Waals surface area contributed by atoms with Gasteiger partial charge in [-0.15, -0.1) is 0 Å². The van der Waals surface area contributed by atoms with Crippen molar-refractivity contribution in [3.05, 3.63) is 53.1 Å². The van der Waals surface area contributed by atoms with E-state index in [-0.39, 0.29) is 0 Å². The molecule has 0 radical (unpaired) electrons. The first-order valence-electron chi connectivity index (χ1n) is 10.6.